The fraction of sp³-hybridized carbons (Fsp3) is 0.0667. The maximum atomic E-state index is 6.20. The molecule has 18 heavy (non-hydrogen) atoms. The number of fused-ring (bicyclic) bond motifs is 1. The molecule has 0 aliphatic carbocycles. The first kappa shape index (κ1) is 11.8. The Morgan fingerprint density at radius 2 is 1.89 bits per heavy atom. The van der Waals surface area contributed by atoms with Crippen LogP contribution in [0.5, 0.6) is 0 Å². The SMILES string of the molecule is Clc1ccccc1Cn1ccc2cc(Br)ccc21. The molecule has 3 rings (SSSR count). The van der Waals surface area contributed by atoms with E-state index in [2.05, 4.69) is 57.0 Å². The molecule has 0 saturated carbocycles. The first-order valence-corrected chi connectivity index (χ1v) is 6.89. The van der Waals surface area contributed by atoms with E-state index in [0.717, 1.165) is 21.6 Å². The second kappa shape index (κ2) is 4.79. The van der Waals surface area contributed by atoms with Crippen molar-refractivity contribution in [2.45, 2.75) is 6.54 Å². The van der Waals surface area contributed by atoms with Crippen molar-refractivity contribution < 1.29 is 0 Å². The maximum absolute atomic E-state index is 6.20. The highest BCUT2D eigenvalue weighted by Gasteiger charge is 2.04. The quantitative estimate of drug-likeness (QED) is 0.618. The van der Waals surface area contributed by atoms with E-state index in [-0.39, 0.29) is 0 Å². The number of halogens is 2. The number of hydrogen-bond donors (Lipinski definition) is 0. The van der Waals surface area contributed by atoms with Crippen molar-refractivity contribution >= 4 is 38.4 Å². The number of aromatic nitrogens is 1. The van der Waals surface area contributed by atoms with Crippen LogP contribution >= 0.6 is 27.5 Å². The van der Waals surface area contributed by atoms with Gasteiger partial charge < -0.3 is 4.57 Å². The molecule has 90 valence electrons. The first-order chi connectivity index (χ1) is 8.74. The molecule has 2 aromatic carbocycles. The molecule has 1 nitrogen and oxygen atoms in total. The number of nitrogens with zero attached hydrogens (tertiary/aromatic N) is 1. The third-order valence-electron chi connectivity index (χ3n) is 3.03. The molecule has 0 aliphatic rings. The molecule has 1 heterocycles. The lowest BCUT2D eigenvalue weighted by Crippen LogP contribution is -1.98. The summed E-state index contributed by atoms with van der Waals surface area (Å²) in [5.74, 6) is 0. The Morgan fingerprint density at radius 3 is 2.72 bits per heavy atom. The van der Waals surface area contributed by atoms with E-state index < -0.39 is 0 Å². The predicted octanol–water partition coefficient (Wildman–Crippen LogP) is 5.11. The lowest BCUT2D eigenvalue weighted by molar-refractivity contribution is 0.837. The van der Waals surface area contributed by atoms with Gasteiger partial charge in [-0.05, 0) is 35.9 Å². The smallest absolute Gasteiger partial charge is 0.0490 e. The minimum atomic E-state index is 0.796. The summed E-state index contributed by atoms with van der Waals surface area (Å²) < 4.78 is 3.31. The van der Waals surface area contributed by atoms with E-state index in [9.17, 15) is 0 Å². The van der Waals surface area contributed by atoms with Crippen molar-refractivity contribution in [3.05, 3.63) is 69.8 Å². The molecule has 3 aromatic rings. The zero-order chi connectivity index (χ0) is 12.5. The average Bonchev–Trinajstić information content (AvgIpc) is 2.74. The predicted molar refractivity (Wildman–Crippen MR) is 80.2 cm³/mol. The van der Waals surface area contributed by atoms with Gasteiger partial charge in [0.1, 0.15) is 0 Å². The Bertz CT molecular complexity index is 703. The van der Waals surface area contributed by atoms with Gasteiger partial charge in [-0.15, -0.1) is 0 Å². The standard InChI is InChI=1S/C15H11BrClN/c16-13-5-6-15-11(9-13)7-8-18(15)10-12-3-1-2-4-14(12)17/h1-9H,10H2. The number of rotatable bonds is 2. The van der Waals surface area contributed by atoms with Crippen molar-refractivity contribution in [3.63, 3.8) is 0 Å². The highest BCUT2D eigenvalue weighted by atomic mass is 79.9. The molecular weight excluding hydrogens is 310 g/mol. The Morgan fingerprint density at radius 1 is 1.06 bits per heavy atom. The minimum absolute atomic E-state index is 0.796. The zero-order valence-corrected chi connectivity index (χ0v) is 11.9. The van der Waals surface area contributed by atoms with Crippen LogP contribution in [0.4, 0.5) is 0 Å². The normalized spacial score (nSPS) is 11.0. The van der Waals surface area contributed by atoms with Gasteiger partial charge in [-0.2, -0.15) is 0 Å². The molecule has 0 spiro atoms. The zero-order valence-electron chi connectivity index (χ0n) is 9.61. The topological polar surface area (TPSA) is 4.93 Å². The molecule has 0 unspecified atom stereocenters. The Labute approximate surface area is 119 Å². The van der Waals surface area contributed by atoms with Crippen molar-refractivity contribution in [1.29, 1.82) is 0 Å². The summed E-state index contributed by atoms with van der Waals surface area (Å²) in [6.07, 6.45) is 2.10. The van der Waals surface area contributed by atoms with Gasteiger partial charge in [-0.3, -0.25) is 0 Å². The van der Waals surface area contributed by atoms with Gasteiger partial charge in [0, 0.05) is 33.1 Å². The van der Waals surface area contributed by atoms with E-state index in [1.165, 1.54) is 10.9 Å². The number of hydrogen-bond acceptors (Lipinski definition) is 0. The van der Waals surface area contributed by atoms with E-state index in [1.807, 2.05) is 18.2 Å². The lowest BCUT2D eigenvalue weighted by atomic mass is 10.2. The minimum Gasteiger partial charge on any atom is -0.343 e. The summed E-state index contributed by atoms with van der Waals surface area (Å²) in [6, 6.07) is 16.4. The van der Waals surface area contributed by atoms with Crippen LogP contribution in [0.15, 0.2) is 59.2 Å². The van der Waals surface area contributed by atoms with Gasteiger partial charge in [0.15, 0.2) is 0 Å². The van der Waals surface area contributed by atoms with Gasteiger partial charge in [-0.1, -0.05) is 45.7 Å². The monoisotopic (exact) mass is 319 g/mol. The van der Waals surface area contributed by atoms with Crippen LogP contribution in [0.2, 0.25) is 5.02 Å². The molecular formula is C15H11BrClN. The summed E-state index contributed by atoms with van der Waals surface area (Å²) in [7, 11) is 0. The van der Waals surface area contributed by atoms with Crippen molar-refractivity contribution in [2.75, 3.05) is 0 Å². The Balaban J connectivity index is 2.03. The molecule has 0 saturated heterocycles. The van der Waals surface area contributed by atoms with Crippen LogP contribution in [0.25, 0.3) is 10.9 Å². The highest BCUT2D eigenvalue weighted by Crippen LogP contribution is 2.23. The average molecular weight is 321 g/mol. The molecule has 1 aromatic heterocycles. The van der Waals surface area contributed by atoms with Gasteiger partial charge in [0.05, 0.1) is 0 Å². The first-order valence-electron chi connectivity index (χ1n) is 5.72. The van der Waals surface area contributed by atoms with E-state index in [4.69, 9.17) is 11.6 Å². The molecule has 0 bridgehead atoms. The fourth-order valence-electron chi connectivity index (χ4n) is 2.12. The lowest BCUT2D eigenvalue weighted by Gasteiger charge is -2.07. The van der Waals surface area contributed by atoms with Crippen molar-refractivity contribution in [1.82, 2.24) is 4.57 Å². The van der Waals surface area contributed by atoms with Crippen molar-refractivity contribution in [2.24, 2.45) is 0 Å². The molecule has 0 amide bonds. The van der Waals surface area contributed by atoms with Gasteiger partial charge in [0.25, 0.3) is 0 Å². The Hall–Kier alpha value is -1.25. The van der Waals surface area contributed by atoms with Gasteiger partial charge in [-0.25, -0.2) is 0 Å². The number of benzene rings is 2. The maximum Gasteiger partial charge on any atom is 0.0490 e. The fourth-order valence-corrected chi connectivity index (χ4v) is 2.69. The summed E-state index contributed by atoms with van der Waals surface area (Å²) >= 11 is 9.69. The highest BCUT2D eigenvalue weighted by molar-refractivity contribution is 9.10. The summed E-state index contributed by atoms with van der Waals surface area (Å²) in [4.78, 5) is 0. The van der Waals surface area contributed by atoms with E-state index in [0.29, 0.717) is 0 Å². The molecule has 0 radical (unpaired) electrons. The molecule has 0 atom stereocenters. The van der Waals surface area contributed by atoms with Crippen LogP contribution in [0, 0.1) is 0 Å². The van der Waals surface area contributed by atoms with Crippen LogP contribution in [-0.2, 0) is 6.54 Å². The van der Waals surface area contributed by atoms with Crippen LogP contribution < -0.4 is 0 Å². The third kappa shape index (κ3) is 2.18. The summed E-state index contributed by atoms with van der Waals surface area (Å²) in [5.41, 5.74) is 2.36. The third-order valence-corrected chi connectivity index (χ3v) is 3.89. The summed E-state index contributed by atoms with van der Waals surface area (Å²) in [5, 5.41) is 2.05. The second-order valence-corrected chi connectivity index (χ2v) is 5.56. The Kier molecular flexibility index (Phi) is 3.14. The van der Waals surface area contributed by atoms with Crippen LogP contribution in [0.3, 0.4) is 0 Å². The van der Waals surface area contributed by atoms with Gasteiger partial charge >= 0.3 is 0 Å². The van der Waals surface area contributed by atoms with E-state index in [1.54, 1.807) is 0 Å². The van der Waals surface area contributed by atoms with Crippen LogP contribution in [0.1, 0.15) is 5.56 Å². The van der Waals surface area contributed by atoms with Crippen molar-refractivity contribution in [3.8, 4) is 0 Å². The molecule has 0 fully saturated rings. The largest absolute Gasteiger partial charge is 0.343 e. The molecule has 0 N–H and O–H groups in total. The molecule has 3 heteroatoms. The summed E-state index contributed by atoms with van der Waals surface area (Å²) in [6.45, 7) is 0.796. The van der Waals surface area contributed by atoms with E-state index >= 15 is 0 Å². The van der Waals surface area contributed by atoms with Crippen LogP contribution in [-0.4, -0.2) is 4.57 Å². The van der Waals surface area contributed by atoms with Gasteiger partial charge in [0.2, 0.25) is 0 Å². The second-order valence-electron chi connectivity index (χ2n) is 4.24. The molecule has 0 aliphatic heterocycles.